The van der Waals surface area contributed by atoms with Crippen LogP contribution in [0.25, 0.3) is 0 Å². The van der Waals surface area contributed by atoms with E-state index in [2.05, 4.69) is 15.9 Å². The molecule has 100 valence electrons. The summed E-state index contributed by atoms with van der Waals surface area (Å²) < 4.78 is 18.4. The van der Waals surface area contributed by atoms with E-state index < -0.39 is 5.82 Å². The first-order valence-electron chi connectivity index (χ1n) is 5.45. The fourth-order valence-electron chi connectivity index (χ4n) is 1.72. The highest BCUT2D eigenvalue weighted by molar-refractivity contribution is 9.09. The van der Waals surface area contributed by atoms with E-state index in [0.717, 1.165) is 11.1 Å². The van der Waals surface area contributed by atoms with Gasteiger partial charge in [0.15, 0.2) is 11.6 Å². The van der Waals surface area contributed by atoms with E-state index in [1.54, 1.807) is 24.3 Å². The Kier molecular flexibility index (Phi) is 4.71. The second-order valence-electron chi connectivity index (χ2n) is 3.92. The van der Waals surface area contributed by atoms with Crippen molar-refractivity contribution in [3.63, 3.8) is 0 Å². The SMILES string of the molecule is COc1cc(C(Br)c2ccc(Cl)cc2Cl)ccc1F. The van der Waals surface area contributed by atoms with Gasteiger partial charge in [0.05, 0.1) is 11.9 Å². The third kappa shape index (κ3) is 3.22. The van der Waals surface area contributed by atoms with Crippen LogP contribution in [0.1, 0.15) is 16.0 Å². The number of hydrogen-bond acceptors (Lipinski definition) is 1. The molecule has 5 heteroatoms. The van der Waals surface area contributed by atoms with E-state index in [9.17, 15) is 4.39 Å². The van der Waals surface area contributed by atoms with Gasteiger partial charge in [-0.1, -0.05) is 51.3 Å². The summed E-state index contributed by atoms with van der Waals surface area (Å²) in [5.41, 5.74) is 1.71. The maximum Gasteiger partial charge on any atom is 0.165 e. The summed E-state index contributed by atoms with van der Waals surface area (Å²) in [6.45, 7) is 0. The number of halogens is 4. The maximum absolute atomic E-state index is 13.4. The summed E-state index contributed by atoms with van der Waals surface area (Å²) in [4.78, 5) is -0.160. The van der Waals surface area contributed by atoms with Crippen LogP contribution in [0.5, 0.6) is 5.75 Å². The van der Waals surface area contributed by atoms with Crippen LogP contribution in [0.15, 0.2) is 36.4 Å². The van der Waals surface area contributed by atoms with Gasteiger partial charge in [-0.2, -0.15) is 0 Å². The second kappa shape index (κ2) is 6.12. The van der Waals surface area contributed by atoms with Crippen molar-refractivity contribution in [3.8, 4) is 5.75 Å². The normalized spacial score (nSPS) is 12.3. The van der Waals surface area contributed by atoms with Gasteiger partial charge in [-0.25, -0.2) is 4.39 Å². The Hall–Kier alpha value is -0.770. The maximum atomic E-state index is 13.4. The number of ether oxygens (including phenoxy) is 1. The predicted octanol–water partition coefficient (Wildman–Crippen LogP) is 5.63. The summed E-state index contributed by atoms with van der Waals surface area (Å²) in [6.07, 6.45) is 0. The Morgan fingerprint density at radius 2 is 1.89 bits per heavy atom. The van der Waals surface area contributed by atoms with E-state index in [4.69, 9.17) is 27.9 Å². The zero-order valence-corrected chi connectivity index (χ0v) is 13.1. The van der Waals surface area contributed by atoms with E-state index in [1.807, 2.05) is 6.07 Å². The van der Waals surface area contributed by atoms with Crippen LogP contribution < -0.4 is 4.74 Å². The lowest BCUT2D eigenvalue weighted by molar-refractivity contribution is 0.386. The van der Waals surface area contributed by atoms with Crippen molar-refractivity contribution in [1.82, 2.24) is 0 Å². The summed E-state index contributed by atoms with van der Waals surface area (Å²) in [5, 5.41) is 1.13. The van der Waals surface area contributed by atoms with Gasteiger partial charge >= 0.3 is 0 Å². The molecule has 0 aliphatic rings. The van der Waals surface area contributed by atoms with Gasteiger partial charge < -0.3 is 4.74 Å². The first-order valence-corrected chi connectivity index (χ1v) is 7.12. The Labute approximate surface area is 129 Å². The van der Waals surface area contributed by atoms with Gasteiger partial charge in [-0.05, 0) is 35.4 Å². The van der Waals surface area contributed by atoms with Crippen LogP contribution >= 0.6 is 39.1 Å². The number of methoxy groups -OCH3 is 1. The number of alkyl halides is 1. The molecule has 0 radical (unpaired) electrons. The molecule has 1 nitrogen and oxygen atoms in total. The minimum Gasteiger partial charge on any atom is -0.494 e. The lowest BCUT2D eigenvalue weighted by atomic mass is 10.0. The zero-order chi connectivity index (χ0) is 14.0. The molecule has 0 aliphatic heterocycles. The van der Waals surface area contributed by atoms with Crippen LogP contribution in [0.2, 0.25) is 10.0 Å². The highest BCUT2D eigenvalue weighted by Crippen LogP contribution is 2.37. The molecule has 0 aromatic heterocycles. The third-order valence-corrected chi connectivity index (χ3v) is 4.29. The van der Waals surface area contributed by atoms with Gasteiger partial charge in [-0.15, -0.1) is 0 Å². The Morgan fingerprint density at radius 3 is 2.53 bits per heavy atom. The van der Waals surface area contributed by atoms with Crippen LogP contribution in [-0.4, -0.2) is 7.11 Å². The van der Waals surface area contributed by atoms with Crippen LogP contribution in [0.4, 0.5) is 4.39 Å². The van der Waals surface area contributed by atoms with Crippen molar-refractivity contribution in [2.75, 3.05) is 7.11 Å². The topological polar surface area (TPSA) is 9.23 Å². The minimum absolute atomic E-state index is 0.160. The van der Waals surface area contributed by atoms with Gasteiger partial charge in [0.1, 0.15) is 0 Å². The van der Waals surface area contributed by atoms with E-state index in [0.29, 0.717) is 10.0 Å². The Balaban J connectivity index is 2.40. The van der Waals surface area contributed by atoms with Gasteiger partial charge in [0.2, 0.25) is 0 Å². The lowest BCUT2D eigenvalue weighted by Crippen LogP contribution is -1.96. The summed E-state index contributed by atoms with van der Waals surface area (Å²) in [7, 11) is 1.43. The van der Waals surface area contributed by atoms with Crippen LogP contribution in [0, 0.1) is 5.82 Å². The molecule has 0 saturated carbocycles. The molecule has 1 unspecified atom stereocenters. The molecule has 1 atom stereocenters. The van der Waals surface area contributed by atoms with Crippen molar-refractivity contribution >= 4 is 39.1 Å². The van der Waals surface area contributed by atoms with E-state index >= 15 is 0 Å². The number of rotatable bonds is 3. The molecule has 0 spiro atoms. The van der Waals surface area contributed by atoms with Crippen molar-refractivity contribution < 1.29 is 9.13 Å². The molecule has 2 aromatic carbocycles. The Bertz CT molecular complexity index is 604. The quantitative estimate of drug-likeness (QED) is 0.642. The van der Waals surface area contributed by atoms with Crippen molar-refractivity contribution in [2.24, 2.45) is 0 Å². The van der Waals surface area contributed by atoms with Crippen molar-refractivity contribution in [1.29, 1.82) is 0 Å². The molecule has 0 amide bonds. The molecular weight excluding hydrogens is 354 g/mol. The fourth-order valence-corrected chi connectivity index (χ4v) is 3.05. The lowest BCUT2D eigenvalue weighted by Gasteiger charge is -2.14. The largest absolute Gasteiger partial charge is 0.494 e. The van der Waals surface area contributed by atoms with E-state index in [1.165, 1.54) is 13.2 Å². The van der Waals surface area contributed by atoms with Crippen LogP contribution in [0.3, 0.4) is 0 Å². The molecule has 0 fully saturated rings. The van der Waals surface area contributed by atoms with Crippen molar-refractivity contribution in [2.45, 2.75) is 4.83 Å². The minimum atomic E-state index is -0.395. The van der Waals surface area contributed by atoms with E-state index in [-0.39, 0.29) is 10.6 Å². The number of hydrogen-bond donors (Lipinski definition) is 0. The monoisotopic (exact) mass is 362 g/mol. The highest BCUT2D eigenvalue weighted by Gasteiger charge is 2.16. The van der Waals surface area contributed by atoms with Crippen LogP contribution in [-0.2, 0) is 0 Å². The first-order chi connectivity index (χ1) is 9.02. The molecule has 0 saturated heterocycles. The zero-order valence-electron chi connectivity index (χ0n) is 9.96. The van der Waals surface area contributed by atoms with Gasteiger partial charge in [0.25, 0.3) is 0 Å². The standard InChI is InChI=1S/C14H10BrCl2FO/c1-19-13-6-8(2-5-12(13)18)14(15)10-4-3-9(16)7-11(10)17/h2-7,14H,1H3. The predicted molar refractivity (Wildman–Crippen MR) is 80.2 cm³/mol. The average Bonchev–Trinajstić information content (AvgIpc) is 2.38. The molecular formula is C14H10BrCl2FO. The fraction of sp³-hybridized carbons (Fsp3) is 0.143. The molecule has 0 heterocycles. The first kappa shape index (κ1) is 14.6. The summed E-state index contributed by atoms with van der Waals surface area (Å²) >= 11 is 15.6. The summed E-state index contributed by atoms with van der Waals surface area (Å²) in [5.74, 6) is -0.194. The molecule has 0 bridgehead atoms. The summed E-state index contributed by atoms with van der Waals surface area (Å²) in [6, 6.07) is 9.96. The molecule has 2 aromatic rings. The van der Waals surface area contributed by atoms with Gasteiger partial charge in [-0.3, -0.25) is 0 Å². The molecule has 2 rings (SSSR count). The smallest absolute Gasteiger partial charge is 0.165 e. The van der Waals surface area contributed by atoms with Gasteiger partial charge in [0, 0.05) is 10.0 Å². The average molecular weight is 364 g/mol. The molecule has 0 N–H and O–H groups in total. The number of benzene rings is 2. The Morgan fingerprint density at radius 1 is 1.16 bits per heavy atom. The highest BCUT2D eigenvalue weighted by atomic mass is 79.9. The molecule has 19 heavy (non-hydrogen) atoms. The second-order valence-corrected chi connectivity index (χ2v) is 5.68. The molecule has 0 aliphatic carbocycles. The third-order valence-electron chi connectivity index (χ3n) is 2.70. The van der Waals surface area contributed by atoms with Crippen molar-refractivity contribution in [3.05, 3.63) is 63.4 Å².